The fourth-order valence-corrected chi connectivity index (χ4v) is 4.57. The van der Waals surface area contributed by atoms with E-state index in [0.717, 1.165) is 11.1 Å². The third kappa shape index (κ3) is 4.98. The minimum Gasteiger partial charge on any atom is -0.507 e. The van der Waals surface area contributed by atoms with Gasteiger partial charge in [-0.3, -0.25) is 14.5 Å². The average molecular weight is 486 g/mol. The van der Waals surface area contributed by atoms with Crippen molar-refractivity contribution in [2.24, 2.45) is 0 Å². The van der Waals surface area contributed by atoms with Crippen LogP contribution in [-0.4, -0.2) is 29.5 Å². The van der Waals surface area contributed by atoms with E-state index in [4.69, 9.17) is 9.47 Å². The molecule has 1 saturated heterocycles. The van der Waals surface area contributed by atoms with Crippen LogP contribution in [0.3, 0.4) is 0 Å². The Hall–Kier alpha value is -4.06. The van der Waals surface area contributed by atoms with E-state index in [2.05, 4.69) is 0 Å². The first kappa shape index (κ1) is 25.0. The molecule has 3 aromatic rings. The fraction of sp³-hybridized carbons (Fsp3) is 0.267. The smallest absolute Gasteiger partial charge is 0.300 e. The van der Waals surface area contributed by atoms with Crippen molar-refractivity contribution in [3.05, 3.63) is 94.6 Å². The van der Waals surface area contributed by atoms with Crippen molar-refractivity contribution >= 4 is 23.1 Å². The average Bonchev–Trinajstić information content (AvgIpc) is 3.09. The molecule has 0 saturated carbocycles. The number of aliphatic hydroxyl groups is 1. The molecule has 186 valence electrons. The molecule has 6 heteroatoms. The van der Waals surface area contributed by atoms with E-state index in [0.29, 0.717) is 34.9 Å². The highest BCUT2D eigenvalue weighted by atomic mass is 16.5. The van der Waals surface area contributed by atoms with Crippen LogP contribution in [0.5, 0.6) is 11.5 Å². The molecule has 36 heavy (non-hydrogen) atoms. The van der Waals surface area contributed by atoms with E-state index in [-0.39, 0.29) is 17.4 Å². The van der Waals surface area contributed by atoms with Crippen molar-refractivity contribution in [2.75, 3.05) is 11.5 Å². The first-order chi connectivity index (χ1) is 17.2. The molecule has 0 aromatic heterocycles. The van der Waals surface area contributed by atoms with E-state index < -0.39 is 17.7 Å². The normalized spacial score (nSPS) is 17.1. The molecular weight excluding hydrogens is 454 g/mol. The molecule has 1 fully saturated rings. The number of benzene rings is 3. The molecule has 1 amide bonds. The highest BCUT2D eigenvalue weighted by molar-refractivity contribution is 6.51. The number of carbonyl (C=O) groups is 2. The van der Waals surface area contributed by atoms with Crippen LogP contribution in [0, 0.1) is 13.8 Å². The number of nitrogens with zero attached hydrogens (tertiary/aromatic N) is 1. The molecule has 0 bridgehead atoms. The highest BCUT2D eigenvalue weighted by Gasteiger charge is 2.47. The van der Waals surface area contributed by atoms with Gasteiger partial charge in [-0.15, -0.1) is 0 Å². The monoisotopic (exact) mass is 485 g/mol. The number of rotatable bonds is 7. The second kappa shape index (κ2) is 10.3. The van der Waals surface area contributed by atoms with Crippen molar-refractivity contribution in [2.45, 2.75) is 46.8 Å². The van der Waals surface area contributed by atoms with Crippen molar-refractivity contribution < 1.29 is 24.2 Å². The lowest BCUT2D eigenvalue weighted by Gasteiger charge is -2.26. The first-order valence-corrected chi connectivity index (χ1v) is 12.1. The third-order valence-corrected chi connectivity index (χ3v) is 5.91. The largest absolute Gasteiger partial charge is 0.507 e. The van der Waals surface area contributed by atoms with Crippen molar-refractivity contribution in [1.82, 2.24) is 0 Å². The molecule has 0 radical (unpaired) electrons. The van der Waals surface area contributed by atoms with Gasteiger partial charge in [-0.05, 0) is 99.8 Å². The Morgan fingerprint density at radius 3 is 2.22 bits per heavy atom. The Labute approximate surface area is 211 Å². The molecule has 4 rings (SSSR count). The van der Waals surface area contributed by atoms with E-state index in [1.165, 1.54) is 4.90 Å². The molecule has 0 spiro atoms. The number of aliphatic hydroxyl groups excluding tert-OH is 1. The molecule has 0 aliphatic carbocycles. The van der Waals surface area contributed by atoms with Gasteiger partial charge in [-0.25, -0.2) is 0 Å². The number of Topliss-reactive ketones (excluding diaryl/α,β-unsaturated/α-hetero) is 1. The number of ketones is 1. The van der Waals surface area contributed by atoms with E-state index in [9.17, 15) is 14.7 Å². The predicted molar refractivity (Wildman–Crippen MR) is 141 cm³/mol. The van der Waals surface area contributed by atoms with E-state index >= 15 is 0 Å². The van der Waals surface area contributed by atoms with Crippen molar-refractivity contribution in [3.8, 4) is 11.5 Å². The Balaban J connectivity index is 1.91. The van der Waals surface area contributed by atoms with Gasteiger partial charge in [0.2, 0.25) is 0 Å². The topological polar surface area (TPSA) is 76.1 Å². The fourth-order valence-electron chi connectivity index (χ4n) is 4.57. The van der Waals surface area contributed by atoms with Gasteiger partial charge in [0.15, 0.2) is 0 Å². The predicted octanol–water partition coefficient (Wildman–Crippen LogP) is 6.12. The van der Waals surface area contributed by atoms with Crippen LogP contribution in [0.2, 0.25) is 0 Å². The Bertz CT molecular complexity index is 1300. The Morgan fingerprint density at radius 2 is 1.61 bits per heavy atom. The molecule has 1 heterocycles. The molecule has 3 aromatic carbocycles. The maximum atomic E-state index is 13.4. The second-order valence-electron chi connectivity index (χ2n) is 9.21. The van der Waals surface area contributed by atoms with Crippen LogP contribution >= 0.6 is 0 Å². The number of amides is 1. The van der Waals surface area contributed by atoms with Gasteiger partial charge in [0.05, 0.1) is 24.3 Å². The SMILES string of the molecule is CCOc1ccc(/C(O)=C2\C(=O)C(=O)N(c3cc(C)cc(C)c3)C2c2cccc(OC(C)C)c2)cc1. The van der Waals surface area contributed by atoms with Crippen LogP contribution in [0.4, 0.5) is 5.69 Å². The summed E-state index contributed by atoms with van der Waals surface area (Å²) in [5, 5.41) is 11.4. The standard InChI is InChI=1S/C30H31NO5/c1-6-35-24-12-10-21(11-13-24)28(32)26-27(22-8-7-9-25(17-22)36-18(2)3)31(30(34)29(26)33)23-15-19(4)14-20(5)16-23/h7-18,27,32H,6H2,1-5H3/b28-26+. The molecule has 1 aliphatic heterocycles. The van der Waals surface area contributed by atoms with E-state index in [1.807, 2.05) is 77.1 Å². The molecule has 1 atom stereocenters. The highest BCUT2D eigenvalue weighted by Crippen LogP contribution is 2.43. The van der Waals surface area contributed by atoms with Gasteiger partial charge in [0.1, 0.15) is 17.3 Å². The summed E-state index contributed by atoms with van der Waals surface area (Å²) in [4.78, 5) is 28.3. The Kier molecular flexibility index (Phi) is 7.15. The summed E-state index contributed by atoms with van der Waals surface area (Å²) in [6, 6.07) is 19.1. The van der Waals surface area contributed by atoms with Crippen LogP contribution < -0.4 is 14.4 Å². The van der Waals surface area contributed by atoms with Crippen molar-refractivity contribution in [1.29, 1.82) is 0 Å². The lowest BCUT2D eigenvalue weighted by atomic mass is 9.94. The third-order valence-electron chi connectivity index (χ3n) is 5.91. The molecular formula is C30H31NO5. The van der Waals surface area contributed by atoms with Crippen LogP contribution in [0.25, 0.3) is 5.76 Å². The zero-order valence-corrected chi connectivity index (χ0v) is 21.2. The quantitative estimate of drug-likeness (QED) is 0.248. The van der Waals surface area contributed by atoms with Crippen molar-refractivity contribution in [3.63, 3.8) is 0 Å². The number of hydrogen-bond donors (Lipinski definition) is 1. The summed E-state index contributed by atoms with van der Waals surface area (Å²) in [6.45, 7) is 10.2. The maximum Gasteiger partial charge on any atom is 0.300 e. The summed E-state index contributed by atoms with van der Waals surface area (Å²) in [6.07, 6.45) is -0.0464. The summed E-state index contributed by atoms with van der Waals surface area (Å²) in [7, 11) is 0. The summed E-state index contributed by atoms with van der Waals surface area (Å²) in [5.41, 5.74) is 3.66. The number of carbonyl (C=O) groups excluding carboxylic acids is 2. The van der Waals surface area contributed by atoms with Gasteiger partial charge in [0.25, 0.3) is 11.7 Å². The van der Waals surface area contributed by atoms with Crippen LogP contribution in [-0.2, 0) is 9.59 Å². The zero-order valence-electron chi connectivity index (χ0n) is 21.2. The summed E-state index contributed by atoms with van der Waals surface area (Å²) in [5.74, 6) is -0.383. The Morgan fingerprint density at radius 1 is 0.944 bits per heavy atom. The lowest BCUT2D eigenvalue weighted by Crippen LogP contribution is -2.29. The minimum absolute atomic E-state index is 0.0324. The number of hydrogen-bond acceptors (Lipinski definition) is 5. The van der Waals surface area contributed by atoms with Crippen LogP contribution in [0.1, 0.15) is 49.1 Å². The van der Waals surface area contributed by atoms with Gasteiger partial charge in [-0.2, -0.15) is 0 Å². The molecule has 1 unspecified atom stereocenters. The first-order valence-electron chi connectivity index (χ1n) is 12.1. The van der Waals surface area contributed by atoms with Crippen LogP contribution in [0.15, 0.2) is 72.3 Å². The van der Waals surface area contributed by atoms with Gasteiger partial charge in [-0.1, -0.05) is 18.2 Å². The summed E-state index contributed by atoms with van der Waals surface area (Å²) < 4.78 is 11.4. The second-order valence-corrected chi connectivity index (χ2v) is 9.21. The zero-order chi connectivity index (χ0) is 26.0. The van der Waals surface area contributed by atoms with E-state index in [1.54, 1.807) is 24.3 Å². The lowest BCUT2D eigenvalue weighted by molar-refractivity contribution is -0.132. The van der Waals surface area contributed by atoms with Gasteiger partial charge in [0, 0.05) is 11.3 Å². The summed E-state index contributed by atoms with van der Waals surface area (Å²) >= 11 is 0. The van der Waals surface area contributed by atoms with Gasteiger partial charge >= 0.3 is 0 Å². The number of ether oxygens (including phenoxy) is 2. The van der Waals surface area contributed by atoms with Gasteiger partial charge < -0.3 is 14.6 Å². The molecule has 1 aliphatic rings. The number of anilines is 1. The molecule has 6 nitrogen and oxygen atoms in total. The number of aryl methyl sites for hydroxylation is 2. The maximum absolute atomic E-state index is 13.4. The molecule has 1 N–H and O–H groups in total. The minimum atomic E-state index is -0.825.